The molecule has 21 heavy (non-hydrogen) atoms. The van der Waals surface area contributed by atoms with E-state index in [0.29, 0.717) is 11.1 Å². The Morgan fingerprint density at radius 3 is 1.62 bits per heavy atom. The number of hydrogen-bond donors (Lipinski definition) is 1. The summed E-state index contributed by atoms with van der Waals surface area (Å²) in [6.45, 7) is 0. The molecule has 1 nitrogen and oxygen atoms in total. The van der Waals surface area contributed by atoms with Gasteiger partial charge in [0.15, 0.2) is 0 Å². The quantitative estimate of drug-likeness (QED) is 0.584. The van der Waals surface area contributed by atoms with Gasteiger partial charge in [-0.1, -0.05) is 18.2 Å². The number of hydrogen-bond acceptors (Lipinski definition) is 1. The summed E-state index contributed by atoms with van der Waals surface area (Å²) in [5.41, 5.74) is 3.73. The van der Waals surface area contributed by atoms with Crippen molar-refractivity contribution in [1.82, 2.24) is 0 Å². The van der Waals surface area contributed by atoms with Gasteiger partial charge in [0.25, 0.3) is 0 Å². The predicted octanol–water partition coefficient (Wildman–Crippen LogP) is 4.97. The highest BCUT2D eigenvalue weighted by Crippen LogP contribution is 2.36. The standard InChI is InChI=1S/C14H9F6N/c15-13(16,17)10-4-1-8(2-5-10)9-3-6-11(12(21)7-9)14(18,19)20/h1-7H,21H2. The molecule has 0 aliphatic heterocycles. The van der Waals surface area contributed by atoms with Crippen molar-refractivity contribution in [3.05, 3.63) is 53.6 Å². The number of nitrogens with two attached hydrogens (primary N) is 1. The molecular weight excluding hydrogens is 296 g/mol. The molecule has 0 heterocycles. The second-order valence-electron chi connectivity index (χ2n) is 4.37. The molecule has 0 saturated carbocycles. The van der Waals surface area contributed by atoms with Crippen LogP contribution < -0.4 is 5.73 Å². The van der Waals surface area contributed by atoms with Gasteiger partial charge in [0.2, 0.25) is 0 Å². The van der Waals surface area contributed by atoms with Gasteiger partial charge < -0.3 is 5.73 Å². The number of anilines is 1. The second-order valence-corrected chi connectivity index (χ2v) is 4.37. The van der Waals surface area contributed by atoms with Crippen LogP contribution in [-0.4, -0.2) is 0 Å². The van der Waals surface area contributed by atoms with Gasteiger partial charge in [0.1, 0.15) is 0 Å². The third-order valence-corrected chi connectivity index (χ3v) is 2.90. The molecule has 0 aliphatic rings. The molecule has 7 heteroatoms. The molecule has 0 atom stereocenters. The first-order valence-electron chi connectivity index (χ1n) is 5.73. The fourth-order valence-electron chi connectivity index (χ4n) is 1.85. The van der Waals surface area contributed by atoms with Gasteiger partial charge in [0, 0.05) is 5.69 Å². The lowest BCUT2D eigenvalue weighted by Crippen LogP contribution is -2.08. The van der Waals surface area contributed by atoms with Crippen LogP contribution in [-0.2, 0) is 12.4 Å². The largest absolute Gasteiger partial charge is 0.418 e. The van der Waals surface area contributed by atoms with E-state index in [2.05, 4.69) is 0 Å². The van der Waals surface area contributed by atoms with E-state index in [-0.39, 0.29) is 0 Å². The molecule has 0 bridgehead atoms. The van der Waals surface area contributed by atoms with Gasteiger partial charge in [0.05, 0.1) is 11.1 Å². The molecule has 2 aromatic rings. The van der Waals surface area contributed by atoms with E-state index in [1.54, 1.807) is 0 Å². The Labute approximate surface area is 116 Å². The minimum atomic E-state index is -4.57. The Morgan fingerprint density at radius 2 is 1.19 bits per heavy atom. The van der Waals surface area contributed by atoms with Crippen LogP contribution in [0.15, 0.2) is 42.5 Å². The Kier molecular flexibility index (Phi) is 3.61. The molecular formula is C14H9F6N. The lowest BCUT2D eigenvalue weighted by Gasteiger charge is -2.12. The van der Waals surface area contributed by atoms with Crippen molar-refractivity contribution in [3.63, 3.8) is 0 Å². The predicted molar refractivity (Wildman–Crippen MR) is 66.3 cm³/mol. The Morgan fingerprint density at radius 1 is 0.667 bits per heavy atom. The summed E-state index contributed by atoms with van der Waals surface area (Å²) in [7, 11) is 0. The van der Waals surface area contributed by atoms with Crippen LogP contribution in [0.5, 0.6) is 0 Å². The summed E-state index contributed by atoms with van der Waals surface area (Å²) >= 11 is 0. The number of alkyl halides is 6. The molecule has 0 spiro atoms. The van der Waals surface area contributed by atoms with Gasteiger partial charge in [-0.2, -0.15) is 26.3 Å². The van der Waals surface area contributed by atoms with E-state index in [0.717, 1.165) is 24.3 Å². The van der Waals surface area contributed by atoms with Crippen LogP contribution >= 0.6 is 0 Å². The van der Waals surface area contributed by atoms with Crippen LogP contribution in [0.2, 0.25) is 0 Å². The number of halogens is 6. The third-order valence-electron chi connectivity index (χ3n) is 2.90. The van der Waals surface area contributed by atoms with Crippen LogP contribution in [0.3, 0.4) is 0 Å². The zero-order valence-electron chi connectivity index (χ0n) is 10.4. The number of rotatable bonds is 1. The normalized spacial score (nSPS) is 12.5. The second kappa shape index (κ2) is 4.98. The zero-order chi connectivity index (χ0) is 15.8. The van der Waals surface area contributed by atoms with Crippen LogP contribution in [0.1, 0.15) is 11.1 Å². The van der Waals surface area contributed by atoms with E-state index in [1.807, 2.05) is 0 Å². The first-order chi connectivity index (χ1) is 9.59. The van der Waals surface area contributed by atoms with Crippen molar-refractivity contribution in [2.75, 3.05) is 5.73 Å². The van der Waals surface area contributed by atoms with Gasteiger partial charge in [-0.15, -0.1) is 0 Å². The summed E-state index contributed by atoms with van der Waals surface area (Å²) in [6.07, 6.45) is -9.03. The highest BCUT2D eigenvalue weighted by atomic mass is 19.4. The minimum absolute atomic E-state index is 0.314. The lowest BCUT2D eigenvalue weighted by molar-refractivity contribution is -0.138. The Bertz CT molecular complexity index is 640. The van der Waals surface area contributed by atoms with Gasteiger partial charge >= 0.3 is 12.4 Å². The summed E-state index contributed by atoms with van der Waals surface area (Å²) in [4.78, 5) is 0. The Balaban J connectivity index is 2.37. The molecule has 0 radical (unpaired) electrons. The zero-order valence-corrected chi connectivity index (χ0v) is 10.4. The average Bonchev–Trinajstić information content (AvgIpc) is 2.36. The maximum Gasteiger partial charge on any atom is 0.418 e. The minimum Gasteiger partial charge on any atom is -0.398 e. The summed E-state index contributed by atoms with van der Waals surface area (Å²) in [6, 6.07) is 7.16. The van der Waals surface area contributed by atoms with E-state index >= 15 is 0 Å². The third kappa shape index (κ3) is 3.29. The van der Waals surface area contributed by atoms with E-state index in [9.17, 15) is 26.3 Å². The van der Waals surface area contributed by atoms with Gasteiger partial charge in [-0.25, -0.2) is 0 Å². The molecule has 0 aliphatic carbocycles. The monoisotopic (exact) mass is 305 g/mol. The van der Waals surface area contributed by atoms with Crippen molar-refractivity contribution in [3.8, 4) is 11.1 Å². The van der Waals surface area contributed by atoms with E-state index < -0.39 is 29.2 Å². The Hall–Kier alpha value is -2.18. The van der Waals surface area contributed by atoms with Crippen LogP contribution in [0.25, 0.3) is 11.1 Å². The molecule has 0 aromatic heterocycles. The summed E-state index contributed by atoms with van der Waals surface area (Å²) in [5, 5.41) is 0. The maximum absolute atomic E-state index is 12.6. The van der Waals surface area contributed by atoms with Crippen molar-refractivity contribution >= 4 is 5.69 Å². The summed E-state index contributed by atoms with van der Waals surface area (Å²) < 4.78 is 75.0. The van der Waals surface area contributed by atoms with Crippen molar-refractivity contribution in [2.24, 2.45) is 0 Å². The molecule has 0 amide bonds. The lowest BCUT2D eigenvalue weighted by atomic mass is 10.0. The van der Waals surface area contributed by atoms with Crippen molar-refractivity contribution in [1.29, 1.82) is 0 Å². The fraction of sp³-hybridized carbons (Fsp3) is 0.143. The first kappa shape index (κ1) is 15.2. The molecule has 0 fully saturated rings. The first-order valence-corrected chi connectivity index (χ1v) is 5.73. The van der Waals surface area contributed by atoms with Gasteiger partial charge in [-0.05, 0) is 35.4 Å². The van der Waals surface area contributed by atoms with E-state index in [1.165, 1.54) is 18.2 Å². The van der Waals surface area contributed by atoms with Crippen molar-refractivity contribution in [2.45, 2.75) is 12.4 Å². The highest BCUT2D eigenvalue weighted by molar-refractivity contribution is 5.69. The molecule has 0 unspecified atom stereocenters. The van der Waals surface area contributed by atoms with Crippen molar-refractivity contribution < 1.29 is 26.3 Å². The number of benzene rings is 2. The smallest absolute Gasteiger partial charge is 0.398 e. The molecule has 2 N–H and O–H groups in total. The molecule has 2 rings (SSSR count). The fourth-order valence-corrected chi connectivity index (χ4v) is 1.85. The van der Waals surface area contributed by atoms with Crippen LogP contribution in [0, 0.1) is 0 Å². The van der Waals surface area contributed by atoms with Gasteiger partial charge in [-0.3, -0.25) is 0 Å². The maximum atomic E-state index is 12.6. The SMILES string of the molecule is Nc1cc(-c2ccc(C(F)(F)F)cc2)ccc1C(F)(F)F. The molecule has 2 aromatic carbocycles. The average molecular weight is 305 g/mol. The summed E-state index contributed by atoms with van der Waals surface area (Å²) in [5.74, 6) is 0. The molecule has 0 saturated heterocycles. The number of nitrogen functional groups attached to an aromatic ring is 1. The van der Waals surface area contributed by atoms with Crippen LogP contribution in [0.4, 0.5) is 32.0 Å². The molecule has 112 valence electrons. The highest BCUT2D eigenvalue weighted by Gasteiger charge is 2.33. The topological polar surface area (TPSA) is 26.0 Å². The van der Waals surface area contributed by atoms with E-state index in [4.69, 9.17) is 5.73 Å².